The minimum Gasteiger partial charge on any atom is -0.489 e. The van der Waals surface area contributed by atoms with Crippen molar-refractivity contribution in [2.45, 2.75) is 26.9 Å². The summed E-state index contributed by atoms with van der Waals surface area (Å²) in [5.41, 5.74) is 2.12. The Hall–Kier alpha value is -3.91. The summed E-state index contributed by atoms with van der Waals surface area (Å²) >= 11 is 7.21. The third-order valence-electron chi connectivity index (χ3n) is 5.06. The van der Waals surface area contributed by atoms with E-state index < -0.39 is 11.8 Å². The van der Waals surface area contributed by atoms with Gasteiger partial charge in [-0.3, -0.25) is 4.79 Å². The number of Topliss-reactive ketones (excluding diaryl/α,β-unsaturated/α-hetero) is 1. The fraction of sp³-hybridized carbons (Fsp3) is 0.185. The molecule has 3 rings (SSSR count). The number of rotatable bonds is 9. The van der Waals surface area contributed by atoms with Crippen molar-refractivity contribution >= 4 is 40.8 Å². The summed E-state index contributed by atoms with van der Waals surface area (Å²) < 4.78 is 10.8. The SMILES string of the molecule is CCOC(=O)c1sc(CC(=O)/C(C#N)=C/c2cccc(OCc3ccccc3Cl)c2)c(C#N)c1C. The van der Waals surface area contributed by atoms with Crippen molar-refractivity contribution in [1.29, 1.82) is 10.5 Å². The number of hydrogen-bond donors (Lipinski definition) is 0. The van der Waals surface area contributed by atoms with Gasteiger partial charge in [-0.05, 0) is 49.2 Å². The number of esters is 1. The number of carbonyl (C=O) groups excluding carboxylic acids is 2. The highest BCUT2D eigenvalue weighted by molar-refractivity contribution is 7.14. The summed E-state index contributed by atoms with van der Waals surface area (Å²) in [6, 6.07) is 18.4. The minimum absolute atomic E-state index is 0.0686. The molecule has 176 valence electrons. The van der Waals surface area contributed by atoms with Crippen molar-refractivity contribution in [2.75, 3.05) is 6.61 Å². The third-order valence-corrected chi connectivity index (χ3v) is 6.70. The highest BCUT2D eigenvalue weighted by atomic mass is 35.5. The monoisotopic (exact) mass is 504 g/mol. The Morgan fingerprint density at radius 2 is 1.91 bits per heavy atom. The number of ketones is 1. The highest BCUT2D eigenvalue weighted by Crippen LogP contribution is 2.30. The molecule has 0 atom stereocenters. The average Bonchev–Trinajstić information content (AvgIpc) is 3.17. The zero-order chi connectivity index (χ0) is 25.4. The zero-order valence-corrected chi connectivity index (χ0v) is 20.7. The summed E-state index contributed by atoms with van der Waals surface area (Å²) in [5.74, 6) is -0.430. The van der Waals surface area contributed by atoms with Crippen molar-refractivity contribution in [3.8, 4) is 17.9 Å². The summed E-state index contributed by atoms with van der Waals surface area (Å²) in [6.45, 7) is 3.81. The maximum absolute atomic E-state index is 12.9. The lowest BCUT2D eigenvalue weighted by Crippen LogP contribution is -2.05. The largest absolute Gasteiger partial charge is 0.489 e. The molecule has 3 aromatic rings. The van der Waals surface area contributed by atoms with E-state index in [4.69, 9.17) is 21.1 Å². The second-order valence-electron chi connectivity index (χ2n) is 7.41. The maximum Gasteiger partial charge on any atom is 0.348 e. The summed E-state index contributed by atoms with van der Waals surface area (Å²) in [4.78, 5) is 25.8. The Labute approximate surface area is 212 Å². The van der Waals surface area contributed by atoms with Crippen LogP contribution in [-0.4, -0.2) is 18.4 Å². The summed E-state index contributed by atoms with van der Waals surface area (Å²) in [5, 5.41) is 19.8. The lowest BCUT2D eigenvalue weighted by molar-refractivity contribution is -0.114. The second-order valence-corrected chi connectivity index (χ2v) is 8.92. The number of benzene rings is 2. The van der Waals surface area contributed by atoms with E-state index in [1.807, 2.05) is 24.3 Å². The Morgan fingerprint density at radius 3 is 2.60 bits per heavy atom. The molecule has 0 aliphatic heterocycles. The molecule has 0 radical (unpaired) electrons. The van der Waals surface area contributed by atoms with Gasteiger partial charge in [0.1, 0.15) is 29.4 Å². The first-order chi connectivity index (χ1) is 16.9. The molecular weight excluding hydrogens is 484 g/mol. The molecule has 0 fully saturated rings. The van der Waals surface area contributed by atoms with Crippen LogP contribution in [0.4, 0.5) is 0 Å². The first-order valence-electron chi connectivity index (χ1n) is 10.7. The molecule has 0 saturated heterocycles. The van der Waals surface area contributed by atoms with Gasteiger partial charge in [-0.2, -0.15) is 10.5 Å². The highest BCUT2D eigenvalue weighted by Gasteiger charge is 2.23. The van der Waals surface area contributed by atoms with Crippen LogP contribution in [0.3, 0.4) is 0 Å². The molecule has 0 N–H and O–H groups in total. The number of allylic oxidation sites excluding steroid dienone is 1. The smallest absolute Gasteiger partial charge is 0.348 e. The lowest BCUT2D eigenvalue weighted by Gasteiger charge is -2.08. The van der Waals surface area contributed by atoms with Gasteiger partial charge in [-0.1, -0.05) is 41.9 Å². The Morgan fingerprint density at radius 1 is 1.14 bits per heavy atom. The average molecular weight is 505 g/mol. The molecule has 6 nitrogen and oxygen atoms in total. The molecular formula is C27H21ClN2O4S. The number of ether oxygens (including phenoxy) is 2. The van der Waals surface area contributed by atoms with Gasteiger partial charge < -0.3 is 9.47 Å². The topological polar surface area (TPSA) is 100 Å². The van der Waals surface area contributed by atoms with E-state index >= 15 is 0 Å². The lowest BCUT2D eigenvalue weighted by atomic mass is 10.0. The fourth-order valence-electron chi connectivity index (χ4n) is 3.29. The molecule has 0 spiro atoms. The van der Waals surface area contributed by atoms with Gasteiger partial charge in [0, 0.05) is 21.9 Å². The van der Waals surface area contributed by atoms with Crippen LogP contribution in [0, 0.1) is 29.6 Å². The molecule has 8 heteroatoms. The van der Waals surface area contributed by atoms with Crippen LogP contribution in [0.2, 0.25) is 5.02 Å². The van der Waals surface area contributed by atoms with Gasteiger partial charge in [0.15, 0.2) is 5.78 Å². The van der Waals surface area contributed by atoms with Crippen molar-refractivity contribution in [3.63, 3.8) is 0 Å². The van der Waals surface area contributed by atoms with Crippen LogP contribution in [0.15, 0.2) is 54.1 Å². The maximum atomic E-state index is 12.9. The number of nitrogens with zero attached hydrogens (tertiary/aromatic N) is 2. The first-order valence-corrected chi connectivity index (χ1v) is 11.9. The molecule has 0 bridgehead atoms. The number of carbonyl (C=O) groups is 2. The molecule has 0 aliphatic carbocycles. The van der Waals surface area contributed by atoms with E-state index in [2.05, 4.69) is 6.07 Å². The summed E-state index contributed by atoms with van der Waals surface area (Å²) in [7, 11) is 0. The van der Waals surface area contributed by atoms with Crippen LogP contribution in [0.1, 0.15) is 43.7 Å². The van der Waals surface area contributed by atoms with Gasteiger partial charge in [0.05, 0.1) is 17.7 Å². The van der Waals surface area contributed by atoms with E-state index in [1.54, 1.807) is 44.2 Å². The van der Waals surface area contributed by atoms with Crippen molar-refractivity contribution in [2.24, 2.45) is 0 Å². The number of nitriles is 2. The van der Waals surface area contributed by atoms with Gasteiger partial charge in [-0.15, -0.1) is 11.3 Å². The van der Waals surface area contributed by atoms with Gasteiger partial charge >= 0.3 is 5.97 Å². The normalized spacial score (nSPS) is 10.8. The van der Waals surface area contributed by atoms with Crippen molar-refractivity contribution < 1.29 is 19.1 Å². The van der Waals surface area contributed by atoms with Crippen LogP contribution in [-0.2, 0) is 22.6 Å². The standard InChI is InChI=1S/C27H21ClN2O4S/c1-3-33-27(32)26-17(2)22(15-30)25(35-26)13-24(31)20(14-29)11-18-7-6-9-21(12-18)34-16-19-8-4-5-10-23(19)28/h4-12H,3,13,16H2,1-2H3/b20-11+. The quantitative estimate of drug-likeness (QED) is 0.199. The van der Waals surface area contributed by atoms with Crippen molar-refractivity contribution in [1.82, 2.24) is 0 Å². The zero-order valence-electron chi connectivity index (χ0n) is 19.1. The minimum atomic E-state index is -0.533. The van der Waals surface area contributed by atoms with E-state index in [0.717, 1.165) is 16.9 Å². The Kier molecular flexibility index (Phi) is 8.80. The van der Waals surface area contributed by atoms with Gasteiger partial charge in [-0.25, -0.2) is 4.79 Å². The van der Waals surface area contributed by atoms with Crippen LogP contribution in [0.5, 0.6) is 5.75 Å². The third kappa shape index (κ3) is 6.36. The summed E-state index contributed by atoms with van der Waals surface area (Å²) in [6.07, 6.45) is 1.30. The first kappa shape index (κ1) is 25.7. The van der Waals surface area contributed by atoms with Crippen LogP contribution < -0.4 is 4.74 Å². The Balaban J connectivity index is 1.79. The van der Waals surface area contributed by atoms with E-state index in [-0.39, 0.29) is 35.6 Å². The molecule has 1 aromatic heterocycles. The number of thiophene rings is 1. The van der Waals surface area contributed by atoms with Crippen molar-refractivity contribution in [3.05, 3.63) is 91.1 Å². The van der Waals surface area contributed by atoms with Crippen LogP contribution in [0.25, 0.3) is 6.08 Å². The van der Waals surface area contributed by atoms with E-state index in [0.29, 0.717) is 26.8 Å². The predicted molar refractivity (Wildman–Crippen MR) is 134 cm³/mol. The molecule has 2 aromatic carbocycles. The molecule has 0 aliphatic rings. The molecule has 0 saturated carbocycles. The van der Waals surface area contributed by atoms with Gasteiger partial charge in [0.25, 0.3) is 0 Å². The Bertz CT molecular complexity index is 1380. The molecule has 0 amide bonds. The van der Waals surface area contributed by atoms with Crippen LogP contribution >= 0.6 is 22.9 Å². The predicted octanol–water partition coefficient (Wildman–Crippen LogP) is 6.06. The number of hydrogen-bond acceptors (Lipinski definition) is 7. The second kappa shape index (κ2) is 12.0. The van der Waals surface area contributed by atoms with Gasteiger partial charge in [0.2, 0.25) is 0 Å². The molecule has 1 heterocycles. The molecule has 35 heavy (non-hydrogen) atoms. The fourth-order valence-corrected chi connectivity index (χ4v) is 4.63. The number of halogens is 1. The molecule has 0 unspecified atom stereocenters. The van der Waals surface area contributed by atoms with E-state index in [1.165, 1.54) is 6.08 Å². The van der Waals surface area contributed by atoms with E-state index in [9.17, 15) is 20.1 Å².